The molecule has 0 aromatic heterocycles. The van der Waals surface area contributed by atoms with Gasteiger partial charge in [0, 0.05) is 14.0 Å². The van der Waals surface area contributed by atoms with E-state index in [9.17, 15) is 14.9 Å². The summed E-state index contributed by atoms with van der Waals surface area (Å²) in [7, 11) is 1.50. The van der Waals surface area contributed by atoms with E-state index in [0.717, 1.165) is 24.9 Å². The van der Waals surface area contributed by atoms with Gasteiger partial charge in [-0.15, -0.1) is 0 Å². The van der Waals surface area contributed by atoms with Gasteiger partial charge >= 0.3 is 5.69 Å². The second kappa shape index (κ2) is 5.57. The van der Waals surface area contributed by atoms with Gasteiger partial charge in [0.15, 0.2) is 5.75 Å². The molecule has 0 aliphatic carbocycles. The minimum atomic E-state index is -0.494. The number of anilines is 1. The van der Waals surface area contributed by atoms with Crippen molar-refractivity contribution >= 4 is 17.3 Å². The number of hydrogen-bond donors (Lipinski definition) is 0. The third-order valence-corrected chi connectivity index (χ3v) is 4.39. The van der Waals surface area contributed by atoms with E-state index in [1.165, 1.54) is 13.2 Å². The van der Waals surface area contributed by atoms with E-state index in [1.807, 2.05) is 4.90 Å². The third-order valence-electron chi connectivity index (χ3n) is 4.39. The molecule has 0 N–H and O–H groups in total. The summed E-state index contributed by atoms with van der Waals surface area (Å²) in [5, 5.41) is 11.2. The Morgan fingerprint density at radius 2 is 2.32 bits per heavy atom. The van der Waals surface area contributed by atoms with E-state index >= 15 is 0 Å². The van der Waals surface area contributed by atoms with E-state index in [-0.39, 0.29) is 30.4 Å². The Hall–Kier alpha value is -2.15. The molecular weight excluding hydrogens is 286 g/mol. The molecule has 0 radical (unpaired) electrons. The smallest absolute Gasteiger partial charge is 0.313 e. The van der Waals surface area contributed by atoms with Crippen molar-refractivity contribution in [2.24, 2.45) is 0 Å². The summed E-state index contributed by atoms with van der Waals surface area (Å²) in [4.78, 5) is 27.0. The Labute approximate surface area is 130 Å². The molecule has 7 heteroatoms. The topological polar surface area (TPSA) is 75.9 Å². The number of hydrogen-bond acceptors (Lipinski definition) is 5. The molecule has 0 bridgehead atoms. The minimum Gasteiger partial charge on any atom is -0.490 e. The fraction of sp³-hybridized carbons (Fsp3) is 0.533. The van der Waals surface area contributed by atoms with Gasteiger partial charge in [0.25, 0.3) is 0 Å². The quantitative estimate of drug-likeness (QED) is 0.626. The Bertz CT molecular complexity index is 652. The highest BCUT2D eigenvalue weighted by Gasteiger charge is 2.36. The average molecular weight is 306 g/mol. The van der Waals surface area contributed by atoms with Crippen molar-refractivity contribution in [3.8, 4) is 5.75 Å². The first kappa shape index (κ1) is 13.5. The molecule has 22 heavy (non-hydrogen) atoms. The number of methoxy groups -OCH3 is 1. The van der Waals surface area contributed by atoms with Crippen molar-refractivity contribution in [2.45, 2.75) is 25.3 Å². The molecule has 0 unspecified atom stereocenters. The van der Waals surface area contributed by atoms with Crippen LogP contribution < -0.4 is 9.64 Å². The summed E-state index contributed by atoms with van der Waals surface area (Å²) in [6, 6.07) is 2.79. The highest BCUT2D eigenvalue weighted by atomic mass is 16.6. The lowest BCUT2D eigenvalue weighted by Crippen LogP contribution is -2.43. The SMILES string of the molecule is [2H]CN1CCC[C@H]1C(=O)N1CCc2cc(OC)c([N+](=O)[O-])cc21. The van der Waals surface area contributed by atoms with Gasteiger partial charge in [0.2, 0.25) is 5.91 Å². The Morgan fingerprint density at radius 3 is 3.00 bits per heavy atom. The molecule has 2 aliphatic rings. The van der Waals surface area contributed by atoms with Gasteiger partial charge < -0.3 is 9.64 Å². The van der Waals surface area contributed by atoms with Crippen molar-refractivity contribution in [1.29, 1.82) is 0 Å². The van der Waals surface area contributed by atoms with E-state index in [0.29, 0.717) is 18.7 Å². The lowest BCUT2D eigenvalue weighted by molar-refractivity contribution is -0.385. The minimum absolute atomic E-state index is 0.0621. The van der Waals surface area contributed by atoms with Gasteiger partial charge in [-0.1, -0.05) is 0 Å². The molecule has 3 rings (SSSR count). The van der Waals surface area contributed by atoms with Crippen molar-refractivity contribution < 1.29 is 15.8 Å². The van der Waals surface area contributed by atoms with Crippen LogP contribution in [0.1, 0.15) is 19.8 Å². The number of likely N-dealkylation sites (N-methyl/N-ethyl adjacent to an activating group) is 1. The van der Waals surface area contributed by atoms with Crippen LogP contribution in [0.25, 0.3) is 0 Å². The number of ether oxygens (including phenoxy) is 1. The normalized spacial score (nSPS) is 21.6. The predicted molar refractivity (Wildman–Crippen MR) is 81.4 cm³/mol. The molecule has 1 fully saturated rings. The van der Waals surface area contributed by atoms with Gasteiger partial charge in [-0.25, -0.2) is 0 Å². The lowest BCUT2D eigenvalue weighted by Gasteiger charge is -2.25. The summed E-state index contributed by atoms with van der Waals surface area (Å²) >= 11 is 0. The van der Waals surface area contributed by atoms with E-state index < -0.39 is 4.92 Å². The number of benzene rings is 1. The maximum atomic E-state index is 12.8. The second-order valence-electron chi connectivity index (χ2n) is 5.62. The third kappa shape index (κ3) is 2.31. The maximum absolute atomic E-state index is 12.8. The molecule has 1 atom stereocenters. The van der Waals surface area contributed by atoms with Gasteiger partial charge in [-0.2, -0.15) is 0 Å². The Balaban J connectivity index is 1.93. The monoisotopic (exact) mass is 306 g/mol. The Kier molecular flexibility index (Phi) is 3.42. The molecule has 1 aromatic rings. The summed E-state index contributed by atoms with van der Waals surface area (Å²) in [5.41, 5.74) is 1.35. The number of amides is 1. The van der Waals surface area contributed by atoms with E-state index in [2.05, 4.69) is 0 Å². The number of rotatable bonds is 3. The Morgan fingerprint density at radius 1 is 1.50 bits per heavy atom. The molecule has 7 nitrogen and oxygen atoms in total. The molecular formula is C15H19N3O4. The van der Waals surface area contributed by atoms with Gasteiger partial charge in [0.05, 0.1) is 23.8 Å². The van der Waals surface area contributed by atoms with E-state index in [4.69, 9.17) is 6.11 Å². The second-order valence-corrected chi connectivity index (χ2v) is 5.62. The molecule has 0 spiro atoms. The van der Waals surface area contributed by atoms with Crippen molar-refractivity contribution in [3.63, 3.8) is 0 Å². The zero-order valence-corrected chi connectivity index (χ0v) is 12.4. The van der Waals surface area contributed by atoms with Crippen LogP contribution in [0.5, 0.6) is 5.75 Å². The fourth-order valence-corrected chi connectivity index (χ4v) is 3.22. The molecule has 2 heterocycles. The summed E-state index contributed by atoms with van der Waals surface area (Å²) in [6.07, 6.45) is 2.30. The lowest BCUT2D eigenvalue weighted by atomic mass is 10.1. The first-order valence-corrected chi connectivity index (χ1v) is 7.26. The first-order chi connectivity index (χ1) is 11.1. The van der Waals surface area contributed by atoms with E-state index in [1.54, 1.807) is 11.0 Å². The number of likely N-dealkylation sites (tertiary alicyclic amines) is 1. The molecule has 1 amide bonds. The van der Waals surface area contributed by atoms with Crippen LogP contribution in [0, 0.1) is 10.1 Å². The number of nitro benzene ring substituents is 1. The number of carbonyl (C=O) groups excluding carboxylic acids is 1. The maximum Gasteiger partial charge on any atom is 0.313 e. The van der Waals surface area contributed by atoms with Crippen LogP contribution >= 0.6 is 0 Å². The van der Waals surface area contributed by atoms with Crippen LogP contribution in [0.3, 0.4) is 0 Å². The van der Waals surface area contributed by atoms with Crippen LogP contribution in [-0.4, -0.2) is 49.0 Å². The number of nitro groups is 1. The first-order valence-electron chi connectivity index (χ1n) is 7.97. The highest BCUT2D eigenvalue weighted by molar-refractivity contribution is 5.99. The molecule has 1 saturated heterocycles. The van der Waals surface area contributed by atoms with Gasteiger partial charge in [-0.3, -0.25) is 19.8 Å². The summed E-state index contributed by atoms with van der Waals surface area (Å²) in [5.74, 6) is 0.157. The van der Waals surface area contributed by atoms with Crippen LogP contribution in [0.15, 0.2) is 12.1 Å². The highest BCUT2D eigenvalue weighted by Crippen LogP contribution is 2.39. The largest absolute Gasteiger partial charge is 0.490 e. The zero-order valence-electron chi connectivity index (χ0n) is 13.4. The summed E-state index contributed by atoms with van der Waals surface area (Å²) < 4.78 is 12.6. The van der Waals surface area contributed by atoms with Gasteiger partial charge in [0.1, 0.15) is 0 Å². The number of carbonyl (C=O) groups is 1. The van der Waals surface area contributed by atoms with Crippen molar-refractivity contribution in [1.82, 2.24) is 4.90 Å². The van der Waals surface area contributed by atoms with Crippen molar-refractivity contribution in [3.05, 3.63) is 27.8 Å². The molecule has 118 valence electrons. The average Bonchev–Trinajstić information content (AvgIpc) is 3.18. The molecule has 1 aromatic carbocycles. The fourth-order valence-electron chi connectivity index (χ4n) is 3.22. The van der Waals surface area contributed by atoms with Crippen LogP contribution in [0.4, 0.5) is 11.4 Å². The molecule has 0 saturated carbocycles. The predicted octanol–water partition coefficient (Wildman–Crippen LogP) is 1.59. The zero-order chi connectivity index (χ0) is 16.6. The molecule has 2 aliphatic heterocycles. The standard InChI is InChI=1S/C15H19N3O4/c1-16-6-3-4-11(16)15(19)17-7-5-10-8-14(22-2)13(18(20)21)9-12(10)17/h8-9,11H,3-7H2,1-2H3/t11-/m0/s1/i1D. The number of fused-ring (bicyclic) bond motifs is 1. The van der Waals surface area contributed by atoms with Gasteiger partial charge in [-0.05, 0) is 44.5 Å². The van der Waals surface area contributed by atoms with Crippen molar-refractivity contribution in [2.75, 3.05) is 32.1 Å². The summed E-state index contributed by atoms with van der Waals surface area (Å²) in [6.45, 7) is 1.27. The van der Waals surface area contributed by atoms with Crippen LogP contribution in [-0.2, 0) is 11.2 Å². The van der Waals surface area contributed by atoms with Crippen LogP contribution in [0.2, 0.25) is 0 Å². The number of nitrogens with zero attached hydrogens (tertiary/aromatic N) is 3.